The summed E-state index contributed by atoms with van der Waals surface area (Å²) in [6, 6.07) is 6.17. The molecular formula is C23H20ClFN4O3. The molecule has 9 heteroatoms. The quantitative estimate of drug-likeness (QED) is 0.444. The van der Waals surface area contributed by atoms with Gasteiger partial charge >= 0.3 is 0 Å². The van der Waals surface area contributed by atoms with Gasteiger partial charge in [0.1, 0.15) is 16.7 Å². The molecule has 1 aromatic carbocycles. The molecule has 1 aliphatic rings. The van der Waals surface area contributed by atoms with Crippen molar-refractivity contribution in [1.82, 2.24) is 19.7 Å². The van der Waals surface area contributed by atoms with Crippen molar-refractivity contribution in [3.8, 4) is 17.0 Å². The van der Waals surface area contributed by atoms with E-state index in [0.717, 1.165) is 5.52 Å². The second-order valence-electron chi connectivity index (χ2n) is 8.06. The van der Waals surface area contributed by atoms with E-state index in [2.05, 4.69) is 15.2 Å². The summed E-state index contributed by atoms with van der Waals surface area (Å²) >= 11 is 6.16. The molecular weight excluding hydrogens is 435 g/mol. The summed E-state index contributed by atoms with van der Waals surface area (Å²) in [6.45, 7) is 2.21. The average Bonchev–Trinajstić information content (AvgIpc) is 3.35. The number of carbonyl (C=O) groups is 1. The molecule has 0 saturated heterocycles. The predicted octanol–water partition coefficient (Wildman–Crippen LogP) is 4.03. The number of Topliss-reactive ketones (excluding diaryl/α,β-unsaturated/α-hetero) is 1. The minimum atomic E-state index is -0.615. The van der Waals surface area contributed by atoms with Gasteiger partial charge in [0.15, 0.2) is 5.78 Å². The first-order valence-electron chi connectivity index (χ1n) is 10.2. The number of nitrogens with one attached hydrogen (secondary N) is 1. The van der Waals surface area contributed by atoms with Gasteiger partial charge in [0, 0.05) is 29.9 Å². The van der Waals surface area contributed by atoms with Crippen LogP contribution in [0.2, 0.25) is 5.15 Å². The van der Waals surface area contributed by atoms with E-state index in [-0.39, 0.29) is 18.2 Å². The van der Waals surface area contributed by atoms with Gasteiger partial charge in [-0.25, -0.2) is 4.39 Å². The summed E-state index contributed by atoms with van der Waals surface area (Å²) < 4.78 is 21.2. The normalized spacial score (nSPS) is 16.6. The number of aliphatic hydroxyl groups is 1. The van der Waals surface area contributed by atoms with E-state index in [1.807, 2.05) is 10.6 Å². The van der Waals surface area contributed by atoms with Gasteiger partial charge in [-0.2, -0.15) is 5.10 Å². The lowest BCUT2D eigenvalue weighted by molar-refractivity contribution is 0.0856. The molecule has 2 atom stereocenters. The first kappa shape index (κ1) is 20.7. The topological polar surface area (TPSA) is 93.0 Å². The summed E-state index contributed by atoms with van der Waals surface area (Å²) in [6.07, 6.45) is 4.74. The first-order valence-corrected chi connectivity index (χ1v) is 10.6. The molecule has 0 bridgehead atoms. The zero-order valence-electron chi connectivity index (χ0n) is 17.2. The maximum Gasteiger partial charge on any atom is 0.171 e. The Morgan fingerprint density at radius 1 is 1.41 bits per heavy atom. The number of hydrogen-bond donors (Lipinski definition) is 2. The summed E-state index contributed by atoms with van der Waals surface area (Å²) in [5, 5.41) is 17.6. The van der Waals surface area contributed by atoms with Crippen molar-refractivity contribution in [2.24, 2.45) is 5.92 Å². The third-order valence-corrected chi connectivity index (χ3v) is 5.95. The van der Waals surface area contributed by atoms with Crippen LogP contribution in [-0.2, 0) is 13.0 Å². The summed E-state index contributed by atoms with van der Waals surface area (Å²) in [7, 11) is 0. The molecule has 3 aromatic heterocycles. The predicted molar refractivity (Wildman–Crippen MR) is 117 cm³/mol. The standard InChI is InChI=1S/C23H20ClFN4O3/c1-12(30)9-29-10-18(16-7-26-19(6-20(16)29)17-8-27-28-23(17)24)22(31)14-4-13-5-15(25)2-3-21(13)32-11-14/h2-3,5-8,10,12,14,30H,4,9,11H2,1H3,(H,27,28). The molecule has 4 aromatic rings. The largest absolute Gasteiger partial charge is 0.493 e. The Labute approximate surface area is 187 Å². The number of aromatic nitrogens is 4. The molecule has 2 unspecified atom stereocenters. The van der Waals surface area contributed by atoms with Crippen LogP contribution in [0.25, 0.3) is 22.2 Å². The highest BCUT2D eigenvalue weighted by Gasteiger charge is 2.29. The monoisotopic (exact) mass is 454 g/mol. The average molecular weight is 455 g/mol. The lowest BCUT2D eigenvalue weighted by atomic mass is 9.90. The Balaban J connectivity index is 1.55. The maximum atomic E-state index is 13.7. The van der Waals surface area contributed by atoms with Crippen LogP contribution in [0.1, 0.15) is 22.8 Å². The Morgan fingerprint density at radius 2 is 2.25 bits per heavy atom. The molecule has 1 aliphatic heterocycles. The lowest BCUT2D eigenvalue weighted by Crippen LogP contribution is -2.28. The van der Waals surface area contributed by atoms with E-state index in [9.17, 15) is 14.3 Å². The van der Waals surface area contributed by atoms with Crippen LogP contribution in [-0.4, -0.2) is 43.3 Å². The fourth-order valence-corrected chi connectivity index (χ4v) is 4.36. The molecule has 4 heterocycles. The number of aromatic amines is 1. The zero-order chi connectivity index (χ0) is 22.4. The van der Waals surface area contributed by atoms with Crippen molar-refractivity contribution in [1.29, 1.82) is 0 Å². The number of ether oxygens (including phenoxy) is 1. The van der Waals surface area contributed by atoms with Crippen molar-refractivity contribution >= 4 is 28.3 Å². The van der Waals surface area contributed by atoms with E-state index < -0.39 is 12.0 Å². The van der Waals surface area contributed by atoms with Gasteiger partial charge in [-0.15, -0.1) is 0 Å². The molecule has 0 aliphatic carbocycles. The highest BCUT2D eigenvalue weighted by molar-refractivity contribution is 6.32. The number of carbonyl (C=O) groups excluding carboxylic acids is 1. The second kappa shape index (κ2) is 8.03. The van der Waals surface area contributed by atoms with Crippen LogP contribution in [0.5, 0.6) is 5.75 Å². The van der Waals surface area contributed by atoms with Crippen molar-refractivity contribution in [2.75, 3.05) is 6.61 Å². The highest BCUT2D eigenvalue weighted by atomic mass is 35.5. The highest BCUT2D eigenvalue weighted by Crippen LogP contribution is 2.33. The minimum absolute atomic E-state index is 0.106. The van der Waals surface area contributed by atoms with Gasteiger partial charge in [0.2, 0.25) is 0 Å². The molecule has 0 amide bonds. The molecule has 0 fully saturated rings. The molecule has 0 spiro atoms. The number of pyridine rings is 1. The Bertz CT molecular complexity index is 1330. The van der Waals surface area contributed by atoms with Gasteiger partial charge in [-0.1, -0.05) is 11.6 Å². The van der Waals surface area contributed by atoms with Crippen molar-refractivity contribution in [3.63, 3.8) is 0 Å². The number of rotatable bonds is 5. The van der Waals surface area contributed by atoms with Crippen LogP contribution in [0.15, 0.2) is 42.9 Å². The number of nitrogens with zero attached hydrogens (tertiary/aromatic N) is 3. The molecule has 7 nitrogen and oxygen atoms in total. The SMILES string of the molecule is CC(O)Cn1cc(C(=O)C2COc3ccc(F)cc3C2)c2cnc(-c3cn[nH]c3Cl)cc21. The molecule has 32 heavy (non-hydrogen) atoms. The van der Waals surface area contributed by atoms with Crippen molar-refractivity contribution < 1.29 is 19.0 Å². The van der Waals surface area contributed by atoms with E-state index in [0.29, 0.717) is 51.6 Å². The third-order valence-electron chi connectivity index (χ3n) is 5.66. The molecule has 5 rings (SSSR count). The number of benzene rings is 1. The Kier molecular flexibility index (Phi) is 5.19. The van der Waals surface area contributed by atoms with E-state index in [4.69, 9.17) is 16.3 Å². The minimum Gasteiger partial charge on any atom is -0.493 e. The zero-order valence-corrected chi connectivity index (χ0v) is 17.9. The first-order chi connectivity index (χ1) is 15.4. The summed E-state index contributed by atoms with van der Waals surface area (Å²) in [5.74, 6) is -0.304. The van der Waals surface area contributed by atoms with E-state index in [1.165, 1.54) is 12.1 Å². The number of aliphatic hydroxyl groups excluding tert-OH is 1. The van der Waals surface area contributed by atoms with Gasteiger partial charge in [0.05, 0.1) is 41.6 Å². The second-order valence-corrected chi connectivity index (χ2v) is 8.43. The summed E-state index contributed by atoms with van der Waals surface area (Å²) in [4.78, 5) is 17.9. The molecule has 0 saturated carbocycles. The third kappa shape index (κ3) is 3.65. The lowest BCUT2D eigenvalue weighted by Gasteiger charge is -2.24. The maximum absolute atomic E-state index is 13.7. The van der Waals surface area contributed by atoms with Crippen molar-refractivity contribution in [3.05, 3.63) is 65.0 Å². The van der Waals surface area contributed by atoms with Gasteiger partial charge < -0.3 is 14.4 Å². The van der Waals surface area contributed by atoms with Gasteiger partial charge in [-0.3, -0.25) is 14.9 Å². The number of fused-ring (bicyclic) bond motifs is 2. The Morgan fingerprint density at radius 3 is 3.00 bits per heavy atom. The number of hydrogen-bond acceptors (Lipinski definition) is 5. The van der Waals surface area contributed by atoms with Gasteiger partial charge in [0.25, 0.3) is 0 Å². The number of ketones is 1. The molecule has 0 radical (unpaired) electrons. The van der Waals surface area contributed by atoms with Crippen LogP contribution < -0.4 is 4.74 Å². The van der Waals surface area contributed by atoms with Gasteiger partial charge in [-0.05, 0) is 43.2 Å². The van der Waals surface area contributed by atoms with E-state index in [1.54, 1.807) is 31.6 Å². The van der Waals surface area contributed by atoms with Crippen LogP contribution >= 0.6 is 11.6 Å². The fourth-order valence-electron chi connectivity index (χ4n) is 4.16. The number of halogens is 2. The molecule has 164 valence electrons. The number of H-pyrrole nitrogens is 1. The van der Waals surface area contributed by atoms with Crippen LogP contribution in [0, 0.1) is 11.7 Å². The fraction of sp³-hybridized carbons (Fsp3) is 0.261. The van der Waals surface area contributed by atoms with Crippen LogP contribution in [0.4, 0.5) is 4.39 Å². The molecule has 2 N–H and O–H groups in total. The van der Waals surface area contributed by atoms with Crippen molar-refractivity contribution in [2.45, 2.75) is 26.0 Å². The summed E-state index contributed by atoms with van der Waals surface area (Å²) in [5.41, 5.74) is 3.17. The smallest absolute Gasteiger partial charge is 0.171 e. The van der Waals surface area contributed by atoms with Crippen LogP contribution in [0.3, 0.4) is 0 Å². The van der Waals surface area contributed by atoms with E-state index >= 15 is 0 Å². The Hall–Kier alpha value is -3.23.